The summed E-state index contributed by atoms with van der Waals surface area (Å²) in [5, 5.41) is 0. The first-order valence-corrected chi connectivity index (χ1v) is 7.27. The van der Waals surface area contributed by atoms with Gasteiger partial charge in [-0.15, -0.1) is 11.6 Å². The van der Waals surface area contributed by atoms with Crippen LogP contribution in [0.1, 0.15) is 12.6 Å². The molecule has 1 aromatic rings. The Morgan fingerprint density at radius 3 is 2.75 bits per heavy atom. The topological polar surface area (TPSA) is 51.1 Å². The maximum absolute atomic E-state index is 11.6. The Labute approximate surface area is 102 Å². The molecule has 1 atom stereocenters. The number of halogens is 1. The number of nitrogens with zero attached hydrogens (tertiary/aromatic N) is 1. The zero-order valence-electron chi connectivity index (χ0n) is 9.48. The van der Waals surface area contributed by atoms with Crippen molar-refractivity contribution in [3.05, 3.63) is 24.0 Å². The summed E-state index contributed by atoms with van der Waals surface area (Å²) in [6.45, 7) is 2.13. The molecule has 0 aliphatic carbocycles. The molecular formula is C10H17ClN2O2S. The Balaban J connectivity index is 2.52. The number of hydrogen-bond acceptors (Lipinski definition) is 2. The SMILES string of the molecule is CC(CCl)CS(=O)(=O)NCc1cccn1C. The smallest absolute Gasteiger partial charge is 0.212 e. The molecule has 1 heterocycles. The van der Waals surface area contributed by atoms with Crippen LogP contribution in [0.4, 0.5) is 0 Å². The predicted octanol–water partition coefficient (Wildman–Crippen LogP) is 1.32. The van der Waals surface area contributed by atoms with Crippen molar-refractivity contribution in [3.8, 4) is 0 Å². The van der Waals surface area contributed by atoms with Gasteiger partial charge in [0.15, 0.2) is 0 Å². The first-order valence-electron chi connectivity index (χ1n) is 5.08. The Morgan fingerprint density at radius 1 is 1.56 bits per heavy atom. The Hall–Kier alpha value is -0.520. The van der Waals surface area contributed by atoms with Crippen LogP contribution >= 0.6 is 11.6 Å². The molecule has 0 bridgehead atoms. The largest absolute Gasteiger partial charge is 0.353 e. The fraction of sp³-hybridized carbons (Fsp3) is 0.600. The number of aryl methyl sites for hydroxylation is 1. The van der Waals surface area contributed by atoms with Crippen LogP contribution in [0.3, 0.4) is 0 Å². The Bertz CT molecular complexity index is 428. The molecule has 0 fully saturated rings. The van der Waals surface area contributed by atoms with Gasteiger partial charge in [0.2, 0.25) is 10.0 Å². The summed E-state index contributed by atoms with van der Waals surface area (Å²) in [6.07, 6.45) is 1.88. The van der Waals surface area contributed by atoms with Gasteiger partial charge in [0, 0.05) is 24.8 Å². The molecule has 1 N–H and O–H groups in total. The molecule has 1 rings (SSSR count). The predicted molar refractivity (Wildman–Crippen MR) is 65.9 cm³/mol. The second kappa shape index (κ2) is 5.70. The van der Waals surface area contributed by atoms with Crippen molar-refractivity contribution in [2.75, 3.05) is 11.6 Å². The van der Waals surface area contributed by atoms with Crippen molar-refractivity contribution >= 4 is 21.6 Å². The number of aromatic nitrogens is 1. The quantitative estimate of drug-likeness (QED) is 0.788. The van der Waals surface area contributed by atoms with Crippen LogP contribution in [0.25, 0.3) is 0 Å². The van der Waals surface area contributed by atoms with E-state index in [9.17, 15) is 8.42 Å². The van der Waals surface area contributed by atoms with E-state index in [0.717, 1.165) is 5.69 Å². The lowest BCUT2D eigenvalue weighted by Crippen LogP contribution is -2.29. The van der Waals surface area contributed by atoms with Gasteiger partial charge < -0.3 is 4.57 Å². The van der Waals surface area contributed by atoms with Gasteiger partial charge in [-0.05, 0) is 18.1 Å². The Morgan fingerprint density at radius 2 is 2.25 bits per heavy atom. The van der Waals surface area contributed by atoms with Crippen molar-refractivity contribution in [2.24, 2.45) is 13.0 Å². The average Bonchev–Trinajstić information content (AvgIpc) is 2.60. The zero-order valence-corrected chi connectivity index (χ0v) is 11.1. The third-order valence-electron chi connectivity index (χ3n) is 2.29. The molecule has 0 aliphatic heterocycles. The molecule has 0 saturated carbocycles. The van der Waals surface area contributed by atoms with Gasteiger partial charge in [-0.3, -0.25) is 0 Å². The highest BCUT2D eigenvalue weighted by Gasteiger charge is 2.14. The summed E-state index contributed by atoms with van der Waals surface area (Å²) in [5.74, 6) is 0.388. The van der Waals surface area contributed by atoms with Gasteiger partial charge in [0.1, 0.15) is 0 Å². The van der Waals surface area contributed by atoms with E-state index in [-0.39, 0.29) is 11.7 Å². The fourth-order valence-electron chi connectivity index (χ4n) is 1.34. The van der Waals surface area contributed by atoms with E-state index in [4.69, 9.17) is 11.6 Å². The third-order valence-corrected chi connectivity index (χ3v) is 4.41. The fourth-order valence-corrected chi connectivity index (χ4v) is 2.93. The maximum atomic E-state index is 11.6. The van der Waals surface area contributed by atoms with E-state index in [1.807, 2.05) is 36.9 Å². The maximum Gasteiger partial charge on any atom is 0.212 e. The molecule has 0 aromatic carbocycles. The molecule has 6 heteroatoms. The number of hydrogen-bond donors (Lipinski definition) is 1. The summed E-state index contributed by atoms with van der Waals surface area (Å²) in [5.41, 5.74) is 0.933. The number of rotatable bonds is 6. The molecule has 1 unspecified atom stereocenters. The minimum atomic E-state index is -3.23. The van der Waals surface area contributed by atoms with Crippen LogP contribution in [-0.2, 0) is 23.6 Å². The van der Waals surface area contributed by atoms with Crippen molar-refractivity contribution < 1.29 is 8.42 Å². The highest BCUT2D eigenvalue weighted by molar-refractivity contribution is 7.89. The van der Waals surface area contributed by atoms with E-state index in [0.29, 0.717) is 12.4 Å². The van der Waals surface area contributed by atoms with E-state index in [1.165, 1.54) is 0 Å². The monoisotopic (exact) mass is 264 g/mol. The van der Waals surface area contributed by atoms with Crippen LogP contribution in [0, 0.1) is 5.92 Å². The van der Waals surface area contributed by atoms with E-state index >= 15 is 0 Å². The first kappa shape index (κ1) is 13.5. The summed E-state index contributed by atoms with van der Waals surface area (Å²) >= 11 is 5.59. The van der Waals surface area contributed by atoms with Crippen LogP contribution in [0.5, 0.6) is 0 Å². The molecule has 0 amide bonds. The summed E-state index contributed by atoms with van der Waals surface area (Å²) in [4.78, 5) is 0. The molecule has 92 valence electrons. The van der Waals surface area contributed by atoms with E-state index < -0.39 is 10.0 Å². The normalized spacial score (nSPS) is 13.9. The summed E-state index contributed by atoms with van der Waals surface area (Å²) in [6, 6.07) is 3.76. The van der Waals surface area contributed by atoms with Crippen molar-refractivity contribution in [3.63, 3.8) is 0 Å². The molecular weight excluding hydrogens is 248 g/mol. The molecule has 4 nitrogen and oxygen atoms in total. The average molecular weight is 265 g/mol. The second-order valence-electron chi connectivity index (χ2n) is 3.97. The van der Waals surface area contributed by atoms with Crippen molar-refractivity contribution in [1.82, 2.24) is 9.29 Å². The third kappa shape index (κ3) is 4.15. The highest BCUT2D eigenvalue weighted by Crippen LogP contribution is 2.04. The highest BCUT2D eigenvalue weighted by atomic mass is 35.5. The van der Waals surface area contributed by atoms with Gasteiger partial charge in [0.25, 0.3) is 0 Å². The van der Waals surface area contributed by atoms with Crippen LogP contribution < -0.4 is 4.72 Å². The second-order valence-corrected chi connectivity index (χ2v) is 6.13. The van der Waals surface area contributed by atoms with Crippen LogP contribution in [0.15, 0.2) is 18.3 Å². The standard InChI is InChI=1S/C10H17ClN2O2S/c1-9(6-11)8-16(14,15)12-7-10-4-3-5-13(10)2/h3-5,9,12H,6-8H2,1-2H3. The molecule has 0 aliphatic rings. The number of nitrogens with one attached hydrogen (secondary N) is 1. The van der Waals surface area contributed by atoms with Gasteiger partial charge in [-0.2, -0.15) is 0 Å². The molecule has 0 spiro atoms. The van der Waals surface area contributed by atoms with Gasteiger partial charge in [0.05, 0.1) is 12.3 Å². The summed E-state index contributed by atoms with van der Waals surface area (Å²) < 4.78 is 27.7. The minimum absolute atomic E-state index is 0.0346. The molecule has 16 heavy (non-hydrogen) atoms. The zero-order chi connectivity index (χ0) is 12.2. The van der Waals surface area contributed by atoms with Crippen molar-refractivity contribution in [2.45, 2.75) is 13.5 Å². The van der Waals surface area contributed by atoms with Gasteiger partial charge in [-0.1, -0.05) is 6.92 Å². The van der Waals surface area contributed by atoms with Gasteiger partial charge >= 0.3 is 0 Å². The Kier molecular flexibility index (Phi) is 4.83. The summed E-state index contributed by atoms with van der Waals surface area (Å²) in [7, 11) is -1.35. The molecule has 0 radical (unpaired) electrons. The lowest BCUT2D eigenvalue weighted by Gasteiger charge is -2.10. The molecule has 1 aromatic heterocycles. The van der Waals surface area contributed by atoms with Gasteiger partial charge in [-0.25, -0.2) is 13.1 Å². The number of alkyl halides is 1. The first-order chi connectivity index (χ1) is 7.44. The van der Waals surface area contributed by atoms with Crippen LogP contribution in [0.2, 0.25) is 0 Å². The van der Waals surface area contributed by atoms with Crippen LogP contribution in [-0.4, -0.2) is 24.6 Å². The lowest BCUT2D eigenvalue weighted by atomic mass is 10.3. The minimum Gasteiger partial charge on any atom is -0.353 e. The van der Waals surface area contributed by atoms with Crippen molar-refractivity contribution in [1.29, 1.82) is 0 Å². The van der Waals surface area contributed by atoms with E-state index in [2.05, 4.69) is 4.72 Å². The van der Waals surface area contributed by atoms with E-state index in [1.54, 1.807) is 0 Å². The number of sulfonamides is 1. The molecule has 0 saturated heterocycles. The lowest BCUT2D eigenvalue weighted by molar-refractivity contribution is 0.566.